The van der Waals surface area contributed by atoms with Crippen LogP contribution in [-0.2, 0) is 17.7 Å². The van der Waals surface area contributed by atoms with E-state index in [0.717, 1.165) is 40.7 Å². The lowest BCUT2D eigenvalue weighted by molar-refractivity contribution is 0.0159. The first-order valence-electron chi connectivity index (χ1n) is 10.7. The van der Waals surface area contributed by atoms with Crippen LogP contribution < -0.4 is 15.8 Å². The monoisotopic (exact) mass is 413 g/mol. The molecular weight excluding hydrogens is 382 g/mol. The smallest absolute Gasteiger partial charge is 0.410 e. The van der Waals surface area contributed by atoms with Crippen LogP contribution in [0.4, 0.5) is 10.5 Å². The van der Waals surface area contributed by atoms with Crippen molar-refractivity contribution in [3.63, 3.8) is 0 Å². The number of aryl methyl sites for hydroxylation is 1. The minimum Gasteiger partial charge on any atom is -0.444 e. The van der Waals surface area contributed by atoms with Crippen molar-refractivity contribution in [2.24, 2.45) is 0 Å². The Morgan fingerprint density at radius 2 is 2.00 bits per heavy atom. The molecule has 0 spiro atoms. The molecular formula is C23H31N3O4. The fraction of sp³-hybridized carbons (Fsp3) is 0.565. The van der Waals surface area contributed by atoms with Gasteiger partial charge in [-0.25, -0.2) is 9.59 Å². The number of nitrogens with one attached hydrogen (secondary N) is 1. The summed E-state index contributed by atoms with van der Waals surface area (Å²) in [5.41, 5.74) is 3.82. The van der Waals surface area contributed by atoms with Crippen molar-refractivity contribution in [3.8, 4) is 0 Å². The SMILES string of the molecule is Cc1c(N2CCN(C(=O)OC(C)(C)C)[C@@H](C)C2)ccc2c3c(c(=O)oc12)CNCC3. The third-order valence-electron chi connectivity index (χ3n) is 5.96. The summed E-state index contributed by atoms with van der Waals surface area (Å²) >= 11 is 0. The van der Waals surface area contributed by atoms with Crippen LogP contribution in [0.5, 0.6) is 0 Å². The van der Waals surface area contributed by atoms with Gasteiger partial charge in [0, 0.05) is 48.9 Å². The number of hydrogen-bond acceptors (Lipinski definition) is 6. The maximum atomic E-state index is 12.5. The van der Waals surface area contributed by atoms with Crippen molar-refractivity contribution in [3.05, 3.63) is 39.2 Å². The van der Waals surface area contributed by atoms with Gasteiger partial charge in [0.1, 0.15) is 11.2 Å². The van der Waals surface area contributed by atoms with Gasteiger partial charge in [0.05, 0.1) is 5.56 Å². The Morgan fingerprint density at radius 1 is 1.23 bits per heavy atom. The van der Waals surface area contributed by atoms with E-state index in [1.807, 2.05) is 34.6 Å². The lowest BCUT2D eigenvalue weighted by Gasteiger charge is -2.41. The van der Waals surface area contributed by atoms with E-state index < -0.39 is 5.60 Å². The number of carbonyl (C=O) groups excluding carboxylic acids is 1. The van der Waals surface area contributed by atoms with Gasteiger partial charge in [0.15, 0.2) is 0 Å². The van der Waals surface area contributed by atoms with E-state index in [2.05, 4.69) is 22.3 Å². The lowest BCUT2D eigenvalue weighted by atomic mass is 9.96. The average Bonchev–Trinajstić information content (AvgIpc) is 2.67. The zero-order chi connectivity index (χ0) is 21.6. The molecule has 2 aromatic rings. The van der Waals surface area contributed by atoms with Crippen molar-refractivity contribution in [2.45, 2.75) is 59.2 Å². The molecule has 1 atom stereocenters. The number of anilines is 1. The van der Waals surface area contributed by atoms with Crippen LogP contribution >= 0.6 is 0 Å². The van der Waals surface area contributed by atoms with E-state index in [1.165, 1.54) is 0 Å². The van der Waals surface area contributed by atoms with E-state index >= 15 is 0 Å². The Kier molecular flexibility index (Phi) is 5.26. The molecule has 1 fully saturated rings. The molecule has 7 heteroatoms. The van der Waals surface area contributed by atoms with Gasteiger partial charge in [-0.3, -0.25) is 0 Å². The Balaban J connectivity index is 1.61. The molecule has 30 heavy (non-hydrogen) atoms. The van der Waals surface area contributed by atoms with Crippen LogP contribution in [0.1, 0.15) is 44.4 Å². The number of rotatable bonds is 1. The fourth-order valence-corrected chi connectivity index (χ4v) is 4.49. The van der Waals surface area contributed by atoms with Gasteiger partial charge in [0.25, 0.3) is 0 Å². The van der Waals surface area contributed by atoms with Crippen LogP contribution in [-0.4, -0.2) is 48.8 Å². The fourth-order valence-electron chi connectivity index (χ4n) is 4.49. The summed E-state index contributed by atoms with van der Waals surface area (Å²) in [7, 11) is 0. The average molecular weight is 414 g/mol. The predicted octanol–water partition coefficient (Wildman–Crippen LogP) is 3.19. The van der Waals surface area contributed by atoms with Gasteiger partial charge in [-0.05, 0) is 65.3 Å². The van der Waals surface area contributed by atoms with Gasteiger partial charge in [-0.1, -0.05) is 0 Å². The Labute approximate surface area is 177 Å². The first-order valence-corrected chi connectivity index (χ1v) is 10.7. The zero-order valence-corrected chi connectivity index (χ0v) is 18.5. The molecule has 1 amide bonds. The van der Waals surface area contributed by atoms with Crippen LogP contribution in [0.2, 0.25) is 0 Å². The largest absolute Gasteiger partial charge is 0.444 e. The van der Waals surface area contributed by atoms with E-state index in [-0.39, 0.29) is 17.8 Å². The van der Waals surface area contributed by atoms with Crippen molar-refractivity contribution < 1.29 is 13.9 Å². The van der Waals surface area contributed by atoms with Gasteiger partial charge >= 0.3 is 11.7 Å². The highest BCUT2D eigenvalue weighted by Crippen LogP contribution is 2.32. The minimum absolute atomic E-state index is 0.0188. The molecule has 1 aromatic carbocycles. The second-order valence-corrected chi connectivity index (χ2v) is 9.33. The Hall–Kier alpha value is -2.54. The third-order valence-corrected chi connectivity index (χ3v) is 5.96. The molecule has 1 aromatic heterocycles. The molecule has 0 unspecified atom stereocenters. The van der Waals surface area contributed by atoms with E-state index in [9.17, 15) is 9.59 Å². The number of ether oxygens (including phenoxy) is 1. The standard InChI is InChI=1S/C23H31N3O4/c1-14-13-25(10-11-26(14)22(28)30-23(3,4)5)19-7-6-17-16-8-9-24-12-18(16)21(27)29-20(17)15(19)2/h6-7,14,24H,8-13H2,1-5H3/t14-/m0/s1. The van der Waals surface area contributed by atoms with E-state index in [0.29, 0.717) is 31.8 Å². The molecule has 0 radical (unpaired) electrons. The van der Waals surface area contributed by atoms with Crippen molar-refractivity contribution in [2.75, 3.05) is 31.1 Å². The van der Waals surface area contributed by atoms with Crippen molar-refractivity contribution in [1.29, 1.82) is 0 Å². The van der Waals surface area contributed by atoms with Crippen LogP contribution in [0.3, 0.4) is 0 Å². The second kappa shape index (κ2) is 7.61. The number of fused-ring (bicyclic) bond motifs is 3. The van der Waals surface area contributed by atoms with Gasteiger partial charge in [-0.2, -0.15) is 0 Å². The molecule has 162 valence electrons. The van der Waals surface area contributed by atoms with E-state index in [1.54, 1.807) is 4.90 Å². The number of piperazine rings is 1. The molecule has 1 saturated heterocycles. The molecule has 0 aliphatic carbocycles. The Morgan fingerprint density at radius 3 is 2.70 bits per heavy atom. The van der Waals surface area contributed by atoms with Gasteiger partial charge in [-0.15, -0.1) is 0 Å². The first-order chi connectivity index (χ1) is 14.2. The molecule has 4 rings (SSSR count). The lowest BCUT2D eigenvalue weighted by Crippen LogP contribution is -2.55. The first kappa shape index (κ1) is 20.7. The molecule has 1 N–H and O–H groups in total. The topological polar surface area (TPSA) is 75.0 Å². The maximum absolute atomic E-state index is 12.5. The maximum Gasteiger partial charge on any atom is 0.410 e. The minimum atomic E-state index is -0.505. The summed E-state index contributed by atoms with van der Waals surface area (Å²) in [6, 6.07) is 4.22. The highest BCUT2D eigenvalue weighted by atomic mass is 16.6. The molecule has 2 aliphatic heterocycles. The van der Waals surface area contributed by atoms with Crippen LogP contribution in [0.25, 0.3) is 11.0 Å². The molecule has 0 bridgehead atoms. The van der Waals surface area contributed by atoms with Gasteiger partial charge < -0.3 is 24.3 Å². The second-order valence-electron chi connectivity index (χ2n) is 9.33. The predicted molar refractivity (Wildman–Crippen MR) is 117 cm³/mol. The van der Waals surface area contributed by atoms with Crippen molar-refractivity contribution >= 4 is 22.7 Å². The molecule has 3 heterocycles. The zero-order valence-electron chi connectivity index (χ0n) is 18.5. The summed E-state index contributed by atoms with van der Waals surface area (Å²) < 4.78 is 11.3. The number of amides is 1. The van der Waals surface area contributed by atoms with Crippen LogP contribution in [0, 0.1) is 6.92 Å². The number of benzene rings is 1. The third kappa shape index (κ3) is 3.78. The summed E-state index contributed by atoms with van der Waals surface area (Å²) in [6.45, 7) is 13.1. The number of nitrogens with zero attached hydrogens (tertiary/aromatic N) is 2. The highest BCUT2D eigenvalue weighted by molar-refractivity contribution is 5.88. The Bertz CT molecular complexity index is 1040. The summed E-state index contributed by atoms with van der Waals surface area (Å²) in [4.78, 5) is 29.1. The summed E-state index contributed by atoms with van der Waals surface area (Å²) in [5.74, 6) is 0. The van der Waals surface area contributed by atoms with Gasteiger partial charge in [0.2, 0.25) is 0 Å². The van der Waals surface area contributed by atoms with Crippen LogP contribution in [0.15, 0.2) is 21.3 Å². The molecule has 7 nitrogen and oxygen atoms in total. The van der Waals surface area contributed by atoms with E-state index in [4.69, 9.17) is 9.15 Å². The number of hydrogen-bond donors (Lipinski definition) is 1. The summed E-state index contributed by atoms with van der Waals surface area (Å²) in [5, 5.41) is 4.28. The van der Waals surface area contributed by atoms with Crippen molar-refractivity contribution in [1.82, 2.24) is 10.2 Å². The summed E-state index contributed by atoms with van der Waals surface area (Å²) in [6.07, 6.45) is 0.568. The normalized spacial score (nSPS) is 19.7. The quantitative estimate of drug-likeness (QED) is 0.724. The number of carbonyl (C=O) groups is 1. The molecule has 0 saturated carbocycles. The molecule has 2 aliphatic rings. The highest BCUT2D eigenvalue weighted by Gasteiger charge is 2.32.